The fourth-order valence-electron chi connectivity index (χ4n) is 4.67. The summed E-state index contributed by atoms with van der Waals surface area (Å²) in [6.45, 7) is 3.78. The van der Waals surface area contributed by atoms with E-state index >= 15 is 0 Å². The maximum Gasteiger partial charge on any atom is 0.264 e. The Morgan fingerprint density at radius 2 is 1.40 bits per heavy atom. The lowest BCUT2D eigenvalue weighted by atomic mass is 10.0. The van der Waals surface area contributed by atoms with Crippen molar-refractivity contribution in [3.8, 4) is 0 Å². The zero-order valence-corrected chi connectivity index (χ0v) is 25.1. The van der Waals surface area contributed by atoms with Crippen LogP contribution in [-0.4, -0.2) is 44.3 Å². The number of hydrogen-bond acceptors (Lipinski definition) is 4. The van der Waals surface area contributed by atoms with Crippen LogP contribution >= 0.6 is 0 Å². The number of hydrogen-bond donors (Lipinski definition) is 1. The summed E-state index contributed by atoms with van der Waals surface area (Å²) < 4.78 is 42.6. The Kier molecular flexibility index (Phi) is 10.7. The van der Waals surface area contributed by atoms with Gasteiger partial charge in [0.05, 0.1) is 10.6 Å². The number of nitrogens with one attached hydrogen (secondary N) is 1. The van der Waals surface area contributed by atoms with Gasteiger partial charge in [0.15, 0.2) is 0 Å². The van der Waals surface area contributed by atoms with E-state index < -0.39 is 34.3 Å². The number of anilines is 1. The van der Waals surface area contributed by atoms with E-state index in [4.69, 9.17) is 0 Å². The van der Waals surface area contributed by atoms with E-state index in [1.807, 2.05) is 74.5 Å². The van der Waals surface area contributed by atoms with Gasteiger partial charge >= 0.3 is 0 Å². The highest BCUT2D eigenvalue weighted by molar-refractivity contribution is 7.92. The highest BCUT2D eigenvalue weighted by Crippen LogP contribution is 2.25. The van der Waals surface area contributed by atoms with Gasteiger partial charge in [-0.3, -0.25) is 13.9 Å². The molecule has 0 saturated heterocycles. The first-order valence-electron chi connectivity index (χ1n) is 14.2. The fraction of sp³-hybridized carbons (Fsp3) is 0.235. The number of carbonyl (C=O) groups is 2. The van der Waals surface area contributed by atoms with Gasteiger partial charge in [0.2, 0.25) is 11.8 Å². The van der Waals surface area contributed by atoms with Crippen molar-refractivity contribution >= 4 is 27.5 Å². The average molecular weight is 602 g/mol. The molecule has 0 spiro atoms. The molecular weight excluding hydrogens is 565 g/mol. The van der Waals surface area contributed by atoms with Crippen LogP contribution in [0.25, 0.3) is 0 Å². The van der Waals surface area contributed by atoms with E-state index in [2.05, 4.69) is 5.32 Å². The van der Waals surface area contributed by atoms with Crippen LogP contribution < -0.4 is 9.62 Å². The molecule has 1 N–H and O–H groups in total. The maximum absolute atomic E-state index is 14.3. The predicted octanol–water partition coefficient (Wildman–Crippen LogP) is 5.50. The van der Waals surface area contributed by atoms with E-state index in [0.29, 0.717) is 13.0 Å². The lowest BCUT2D eigenvalue weighted by Crippen LogP contribution is -2.53. The molecule has 0 unspecified atom stereocenters. The van der Waals surface area contributed by atoms with Crippen molar-refractivity contribution < 1.29 is 22.4 Å². The normalized spacial score (nSPS) is 11.9. The molecule has 2 amide bonds. The first kappa shape index (κ1) is 31.4. The summed E-state index contributed by atoms with van der Waals surface area (Å²) in [7, 11) is -4.29. The van der Waals surface area contributed by atoms with Gasteiger partial charge in [0.25, 0.3) is 10.0 Å². The number of amides is 2. The third kappa shape index (κ3) is 8.29. The molecule has 0 radical (unpaired) electrons. The molecule has 0 bridgehead atoms. The molecular formula is C34H36FN3O4S. The van der Waals surface area contributed by atoms with Crippen molar-refractivity contribution in [3.05, 3.63) is 132 Å². The Balaban J connectivity index is 1.77. The second-order valence-electron chi connectivity index (χ2n) is 10.3. The van der Waals surface area contributed by atoms with Crippen molar-refractivity contribution in [2.75, 3.05) is 17.4 Å². The molecule has 4 aromatic rings. The summed E-state index contributed by atoms with van der Waals surface area (Å²) in [5.74, 6) is -1.45. The topological polar surface area (TPSA) is 86.8 Å². The van der Waals surface area contributed by atoms with Crippen molar-refractivity contribution in [1.29, 1.82) is 0 Å². The molecule has 0 heterocycles. The van der Waals surface area contributed by atoms with Crippen LogP contribution in [0.4, 0.5) is 10.1 Å². The van der Waals surface area contributed by atoms with Crippen LogP contribution in [0.3, 0.4) is 0 Å². The van der Waals surface area contributed by atoms with E-state index in [1.54, 1.807) is 24.3 Å². The van der Waals surface area contributed by atoms with Gasteiger partial charge in [0, 0.05) is 19.5 Å². The first-order chi connectivity index (χ1) is 20.7. The fourth-order valence-corrected chi connectivity index (χ4v) is 6.09. The van der Waals surface area contributed by atoms with Gasteiger partial charge in [-0.1, -0.05) is 85.3 Å². The minimum atomic E-state index is -4.29. The monoisotopic (exact) mass is 601 g/mol. The highest BCUT2D eigenvalue weighted by atomic mass is 32.2. The first-order valence-corrected chi connectivity index (χ1v) is 15.6. The van der Waals surface area contributed by atoms with Gasteiger partial charge in [-0.05, 0) is 60.9 Å². The molecule has 43 heavy (non-hydrogen) atoms. The quantitative estimate of drug-likeness (QED) is 0.219. The summed E-state index contributed by atoms with van der Waals surface area (Å²) in [5.41, 5.74) is 2.84. The number of sulfonamides is 1. The second kappa shape index (κ2) is 14.6. The smallest absolute Gasteiger partial charge is 0.264 e. The van der Waals surface area contributed by atoms with Crippen LogP contribution in [0.1, 0.15) is 30.0 Å². The number of nitrogens with zero attached hydrogens (tertiary/aromatic N) is 2. The number of benzene rings is 4. The van der Waals surface area contributed by atoms with Gasteiger partial charge in [-0.2, -0.15) is 0 Å². The predicted molar refractivity (Wildman–Crippen MR) is 166 cm³/mol. The van der Waals surface area contributed by atoms with E-state index in [-0.39, 0.29) is 29.5 Å². The summed E-state index contributed by atoms with van der Waals surface area (Å²) >= 11 is 0. The summed E-state index contributed by atoms with van der Waals surface area (Å²) in [5, 5.41) is 2.93. The molecule has 0 fully saturated rings. The largest absolute Gasteiger partial charge is 0.354 e. The molecule has 0 aliphatic carbocycles. The summed E-state index contributed by atoms with van der Waals surface area (Å²) in [6.07, 6.45) is 0.956. The number of halogens is 1. The average Bonchev–Trinajstić information content (AvgIpc) is 3.02. The Labute approximate surface area is 253 Å². The maximum atomic E-state index is 14.3. The van der Waals surface area contributed by atoms with Crippen LogP contribution in [0.15, 0.2) is 114 Å². The number of rotatable bonds is 13. The Morgan fingerprint density at radius 3 is 1.98 bits per heavy atom. The van der Waals surface area contributed by atoms with Crippen LogP contribution in [0.2, 0.25) is 0 Å². The van der Waals surface area contributed by atoms with Gasteiger partial charge in [-0.15, -0.1) is 0 Å². The van der Waals surface area contributed by atoms with Crippen molar-refractivity contribution in [3.63, 3.8) is 0 Å². The molecule has 4 aromatic carbocycles. The van der Waals surface area contributed by atoms with Crippen molar-refractivity contribution in [2.24, 2.45) is 0 Å². The third-order valence-corrected chi connectivity index (χ3v) is 8.81. The Hall–Kier alpha value is -4.50. The molecule has 0 aromatic heterocycles. The van der Waals surface area contributed by atoms with Crippen LogP contribution in [-0.2, 0) is 32.6 Å². The van der Waals surface area contributed by atoms with Gasteiger partial charge < -0.3 is 10.2 Å². The molecule has 7 nitrogen and oxygen atoms in total. The SMILES string of the molecule is CCCNC(=O)[C@H](Cc1ccccc1)N(Cc1ccccc1)C(=O)CN(c1ccc(C)cc1)S(=O)(=O)c1ccc(F)cc1. The standard InChI is InChI=1S/C34H36FN3O4S/c1-3-22-36-34(40)32(23-27-10-6-4-7-11-27)37(24-28-12-8-5-9-13-28)33(39)25-38(30-18-14-26(2)15-19-30)43(41,42)31-20-16-29(35)17-21-31/h4-21,32H,3,22-25H2,1-2H3,(H,36,40)/t32-/m0/s1. The van der Waals surface area contributed by atoms with Crippen molar-refractivity contribution in [1.82, 2.24) is 10.2 Å². The van der Waals surface area contributed by atoms with Gasteiger partial charge in [0.1, 0.15) is 18.4 Å². The lowest BCUT2D eigenvalue weighted by Gasteiger charge is -2.34. The third-order valence-electron chi connectivity index (χ3n) is 7.02. The molecule has 224 valence electrons. The van der Waals surface area contributed by atoms with Gasteiger partial charge in [-0.25, -0.2) is 12.8 Å². The van der Waals surface area contributed by atoms with Crippen LogP contribution in [0.5, 0.6) is 0 Å². The van der Waals surface area contributed by atoms with Crippen LogP contribution in [0, 0.1) is 12.7 Å². The molecule has 0 saturated carbocycles. The molecule has 4 rings (SSSR count). The Morgan fingerprint density at radius 1 is 0.814 bits per heavy atom. The number of aryl methyl sites for hydroxylation is 1. The zero-order chi connectivity index (χ0) is 30.8. The summed E-state index contributed by atoms with van der Waals surface area (Å²) in [6, 6.07) is 29.0. The minimum Gasteiger partial charge on any atom is -0.354 e. The zero-order valence-electron chi connectivity index (χ0n) is 24.3. The lowest BCUT2D eigenvalue weighted by molar-refractivity contribution is -0.140. The second-order valence-corrected chi connectivity index (χ2v) is 12.2. The molecule has 9 heteroatoms. The highest BCUT2D eigenvalue weighted by Gasteiger charge is 2.34. The van der Waals surface area contributed by atoms with Crippen molar-refractivity contribution in [2.45, 2.75) is 44.2 Å². The van der Waals surface area contributed by atoms with E-state index in [9.17, 15) is 22.4 Å². The summed E-state index contributed by atoms with van der Waals surface area (Å²) in [4.78, 5) is 29.2. The molecule has 1 atom stereocenters. The van der Waals surface area contributed by atoms with E-state index in [0.717, 1.165) is 33.1 Å². The Bertz CT molecular complexity index is 1600. The molecule has 0 aliphatic rings. The number of carbonyl (C=O) groups excluding carboxylic acids is 2. The molecule has 0 aliphatic heterocycles. The minimum absolute atomic E-state index is 0.0923. The van der Waals surface area contributed by atoms with E-state index in [1.165, 1.54) is 17.0 Å².